The molecule has 0 atom stereocenters. The third-order valence-electron chi connectivity index (χ3n) is 2.28. The van der Waals surface area contributed by atoms with Gasteiger partial charge in [-0.05, 0) is 12.1 Å². The first-order valence-corrected chi connectivity index (χ1v) is 4.88. The molecule has 0 radical (unpaired) electrons. The van der Waals surface area contributed by atoms with E-state index >= 15 is 0 Å². The molecule has 1 N–H and O–H groups in total. The molecular formula is C11H11N3O3. The normalized spacial score (nSPS) is 10.0. The Hall–Kier alpha value is -2.37. The number of nitrogens with zero attached hydrogens (tertiary/aromatic N) is 2. The molecule has 6 heteroatoms. The van der Waals surface area contributed by atoms with E-state index in [0.717, 1.165) is 0 Å². The Kier molecular flexibility index (Phi) is 3.04. The second kappa shape index (κ2) is 4.65. The zero-order valence-corrected chi connectivity index (χ0v) is 9.43. The van der Waals surface area contributed by atoms with Gasteiger partial charge in [0.25, 0.3) is 0 Å². The Morgan fingerprint density at radius 2 is 2.12 bits per heavy atom. The smallest absolute Gasteiger partial charge is 0.233 e. The van der Waals surface area contributed by atoms with E-state index in [-0.39, 0.29) is 11.6 Å². The third kappa shape index (κ3) is 2.10. The number of hydrogen-bond donors (Lipinski definition) is 1. The van der Waals surface area contributed by atoms with Gasteiger partial charge < -0.3 is 9.47 Å². The van der Waals surface area contributed by atoms with Crippen LogP contribution in [0.3, 0.4) is 0 Å². The standard InChI is InChI=1S/C11H11N3O3/c1-16-7-3-4-8(9(5-7)17-2)10(15)11-12-6-13-14-11/h3-6H,1-2H3,(H,12,13,14). The number of aromatic nitrogens is 3. The first kappa shape index (κ1) is 11.1. The predicted octanol–water partition coefficient (Wildman–Crippen LogP) is 1.05. The van der Waals surface area contributed by atoms with Crippen molar-refractivity contribution in [3.8, 4) is 11.5 Å². The number of hydrogen-bond acceptors (Lipinski definition) is 5. The van der Waals surface area contributed by atoms with Crippen molar-refractivity contribution in [2.45, 2.75) is 0 Å². The van der Waals surface area contributed by atoms with Crippen LogP contribution < -0.4 is 9.47 Å². The van der Waals surface area contributed by atoms with Crippen molar-refractivity contribution in [3.63, 3.8) is 0 Å². The number of rotatable bonds is 4. The molecule has 17 heavy (non-hydrogen) atoms. The molecule has 1 aromatic carbocycles. The summed E-state index contributed by atoms with van der Waals surface area (Å²) in [5, 5.41) is 6.15. The Labute approximate surface area is 97.6 Å². The maximum absolute atomic E-state index is 12.0. The van der Waals surface area contributed by atoms with E-state index in [1.807, 2.05) is 0 Å². The maximum atomic E-state index is 12.0. The first-order chi connectivity index (χ1) is 8.26. The van der Waals surface area contributed by atoms with Crippen molar-refractivity contribution in [1.29, 1.82) is 0 Å². The van der Waals surface area contributed by atoms with Crippen LogP contribution in [0.5, 0.6) is 11.5 Å². The molecule has 0 aliphatic carbocycles. The van der Waals surface area contributed by atoms with Crippen LogP contribution in [0, 0.1) is 0 Å². The highest BCUT2D eigenvalue weighted by Crippen LogP contribution is 2.25. The number of benzene rings is 1. The molecule has 88 valence electrons. The van der Waals surface area contributed by atoms with Gasteiger partial charge in [-0.1, -0.05) is 0 Å². The van der Waals surface area contributed by atoms with Crippen LogP contribution in [-0.2, 0) is 0 Å². The van der Waals surface area contributed by atoms with Crippen LogP contribution in [0.25, 0.3) is 0 Å². The lowest BCUT2D eigenvalue weighted by atomic mass is 10.1. The summed E-state index contributed by atoms with van der Waals surface area (Å²) >= 11 is 0. The predicted molar refractivity (Wildman–Crippen MR) is 59.4 cm³/mol. The van der Waals surface area contributed by atoms with Crippen LogP contribution >= 0.6 is 0 Å². The molecular weight excluding hydrogens is 222 g/mol. The van der Waals surface area contributed by atoms with Gasteiger partial charge in [-0.25, -0.2) is 4.98 Å². The van der Waals surface area contributed by atoms with Crippen LogP contribution in [0.4, 0.5) is 0 Å². The molecule has 0 spiro atoms. The number of carbonyl (C=O) groups is 1. The summed E-state index contributed by atoms with van der Waals surface area (Å²) in [7, 11) is 3.04. The van der Waals surface area contributed by atoms with Crippen LogP contribution in [0.2, 0.25) is 0 Å². The molecule has 0 fully saturated rings. The molecule has 0 saturated heterocycles. The summed E-state index contributed by atoms with van der Waals surface area (Å²) in [5.74, 6) is 0.956. The number of aromatic amines is 1. The second-order valence-electron chi connectivity index (χ2n) is 3.23. The van der Waals surface area contributed by atoms with Gasteiger partial charge in [-0.15, -0.1) is 0 Å². The average molecular weight is 233 g/mol. The van der Waals surface area contributed by atoms with Gasteiger partial charge in [0.2, 0.25) is 5.78 Å². The van der Waals surface area contributed by atoms with E-state index in [1.165, 1.54) is 13.4 Å². The molecule has 0 amide bonds. The number of methoxy groups -OCH3 is 2. The number of nitrogens with one attached hydrogen (secondary N) is 1. The molecule has 0 bridgehead atoms. The Morgan fingerprint density at radius 3 is 2.71 bits per heavy atom. The summed E-state index contributed by atoms with van der Waals surface area (Å²) in [6.07, 6.45) is 1.28. The van der Waals surface area contributed by atoms with Crippen molar-refractivity contribution < 1.29 is 14.3 Å². The first-order valence-electron chi connectivity index (χ1n) is 4.88. The van der Waals surface area contributed by atoms with Gasteiger partial charge in [0.05, 0.1) is 19.8 Å². The van der Waals surface area contributed by atoms with Gasteiger partial charge in [0.1, 0.15) is 17.8 Å². The van der Waals surface area contributed by atoms with Crippen molar-refractivity contribution in [1.82, 2.24) is 15.2 Å². The van der Waals surface area contributed by atoms with E-state index in [1.54, 1.807) is 25.3 Å². The fourth-order valence-electron chi connectivity index (χ4n) is 1.43. The molecule has 2 rings (SSSR count). The summed E-state index contributed by atoms with van der Waals surface area (Å²) in [6, 6.07) is 4.96. The number of H-pyrrole nitrogens is 1. The molecule has 0 aliphatic rings. The SMILES string of the molecule is COc1ccc(C(=O)c2ncn[nH]2)c(OC)c1. The highest BCUT2D eigenvalue weighted by molar-refractivity contribution is 6.08. The molecule has 0 unspecified atom stereocenters. The van der Waals surface area contributed by atoms with Gasteiger partial charge in [0, 0.05) is 6.07 Å². The van der Waals surface area contributed by atoms with Crippen LogP contribution in [0.15, 0.2) is 24.5 Å². The lowest BCUT2D eigenvalue weighted by Gasteiger charge is -2.08. The minimum absolute atomic E-state index is 0.175. The summed E-state index contributed by atoms with van der Waals surface area (Å²) in [5.41, 5.74) is 0.407. The largest absolute Gasteiger partial charge is 0.497 e. The Morgan fingerprint density at radius 1 is 1.29 bits per heavy atom. The third-order valence-corrected chi connectivity index (χ3v) is 2.28. The molecule has 1 aromatic heterocycles. The molecule has 2 aromatic rings. The van der Waals surface area contributed by atoms with Gasteiger partial charge in [-0.3, -0.25) is 9.89 Å². The van der Waals surface area contributed by atoms with Crippen LogP contribution in [0.1, 0.15) is 16.2 Å². The summed E-state index contributed by atoms with van der Waals surface area (Å²) < 4.78 is 10.2. The fraction of sp³-hybridized carbons (Fsp3) is 0.182. The van der Waals surface area contributed by atoms with Crippen molar-refractivity contribution in [2.24, 2.45) is 0 Å². The lowest BCUT2D eigenvalue weighted by molar-refractivity contribution is 0.102. The second-order valence-corrected chi connectivity index (χ2v) is 3.23. The van der Waals surface area contributed by atoms with Gasteiger partial charge >= 0.3 is 0 Å². The molecule has 0 saturated carbocycles. The Balaban J connectivity index is 2.41. The zero-order chi connectivity index (χ0) is 12.3. The fourth-order valence-corrected chi connectivity index (χ4v) is 1.43. The summed E-state index contributed by atoms with van der Waals surface area (Å²) in [6.45, 7) is 0. The van der Waals surface area contributed by atoms with Gasteiger partial charge in [0.15, 0.2) is 5.82 Å². The summed E-state index contributed by atoms with van der Waals surface area (Å²) in [4.78, 5) is 15.8. The number of ketones is 1. The van der Waals surface area contributed by atoms with Crippen LogP contribution in [-0.4, -0.2) is 35.2 Å². The van der Waals surface area contributed by atoms with E-state index < -0.39 is 0 Å². The van der Waals surface area contributed by atoms with Crippen molar-refractivity contribution in [3.05, 3.63) is 35.9 Å². The molecule has 0 aliphatic heterocycles. The molecule has 1 heterocycles. The van der Waals surface area contributed by atoms with Gasteiger partial charge in [-0.2, -0.15) is 5.10 Å². The van der Waals surface area contributed by atoms with E-state index in [0.29, 0.717) is 17.1 Å². The highest BCUT2D eigenvalue weighted by Gasteiger charge is 2.17. The highest BCUT2D eigenvalue weighted by atomic mass is 16.5. The van der Waals surface area contributed by atoms with Crippen molar-refractivity contribution in [2.75, 3.05) is 14.2 Å². The quantitative estimate of drug-likeness (QED) is 0.799. The Bertz CT molecular complexity index is 523. The monoisotopic (exact) mass is 233 g/mol. The van der Waals surface area contributed by atoms with E-state index in [2.05, 4.69) is 15.2 Å². The lowest BCUT2D eigenvalue weighted by Crippen LogP contribution is -2.06. The number of ether oxygens (including phenoxy) is 2. The van der Waals surface area contributed by atoms with E-state index in [4.69, 9.17) is 9.47 Å². The maximum Gasteiger partial charge on any atom is 0.233 e. The number of carbonyl (C=O) groups excluding carboxylic acids is 1. The topological polar surface area (TPSA) is 77.1 Å². The molecule has 6 nitrogen and oxygen atoms in total. The van der Waals surface area contributed by atoms with E-state index in [9.17, 15) is 4.79 Å². The minimum atomic E-state index is -0.276. The minimum Gasteiger partial charge on any atom is -0.497 e. The average Bonchev–Trinajstić information content (AvgIpc) is 2.91. The zero-order valence-electron chi connectivity index (χ0n) is 9.43. The van der Waals surface area contributed by atoms with Crippen molar-refractivity contribution >= 4 is 5.78 Å².